The lowest BCUT2D eigenvalue weighted by Crippen LogP contribution is -2.17. The Morgan fingerprint density at radius 2 is 1.70 bits per heavy atom. The van der Waals surface area contributed by atoms with Crippen LogP contribution in [-0.2, 0) is 6.42 Å². The molecule has 0 aliphatic heterocycles. The number of nitrogens with zero attached hydrogens (tertiary/aromatic N) is 1. The Morgan fingerprint density at radius 3 is 2.43 bits per heavy atom. The van der Waals surface area contributed by atoms with E-state index < -0.39 is 11.8 Å². The summed E-state index contributed by atoms with van der Waals surface area (Å²) in [6, 6.07) is 14.3. The van der Waals surface area contributed by atoms with Gasteiger partial charge in [-0.3, -0.25) is 14.6 Å². The van der Waals surface area contributed by atoms with Crippen LogP contribution in [0.2, 0.25) is 0 Å². The fraction of sp³-hybridized carbons (Fsp3) is 0.0556. The molecule has 0 saturated heterocycles. The number of carbonyl (C=O) groups excluding carboxylic acids is 2. The second kappa shape index (κ2) is 5.88. The third kappa shape index (κ3) is 2.89. The number of benzene rings is 2. The van der Waals surface area contributed by atoms with Gasteiger partial charge in [0, 0.05) is 29.1 Å². The SMILES string of the molecule is NC(=O)c1ccc(C(N)=O)c(Cc2cccc3cccnc23)c1. The van der Waals surface area contributed by atoms with Crippen molar-refractivity contribution in [2.24, 2.45) is 11.5 Å². The molecule has 0 spiro atoms. The molecule has 0 fully saturated rings. The second-order valence-corrected chi connectivity index (χ2v) is 5.27. The Balaban J connectivity index is 2.12. The van der Waals surface area contributed by atoms with Gasteiger partial charge in [0.15, 0.2) is 0 Å². The van der Waals surface area contributed by atoms with Crippen LogP contribution < -0.4 is 11.5 Å². The summed E-state index contributed by atoms with van der Waals surface area (Å²) in [6.45, 7) is 0. The number of primary amides is 2. The largest absolute Gasteiger partial charge is 0.366 e. The van der Waals surface area contributed by atoms with E-state index >= 15 is 0 Å². The highest BCUT2D eigenvalue weighted by molar-refractivity contribution is 5.98. The van der Waals surface area contributed by atoms with Crippen molar-refractivity contribution in [3.8, 4) is 0 Å². The van der Waals surface area contributed by atoms with Crippen LogP contribution in [0, 0.1) is 0 Å². The van der Waals surface area contributed by atoms with Gasteiger partial charge >= 0.3 is 0 Å². The molecule has 3 rings (SSSR count). The van der Waals surface area contributed by atoms with Crippen molar-refractivity contribution in [1.82, 2.24) is 4.98 Å². The maximum atomic E-state index is 11.6. The Hall–Kier alpha value is -3.21. The smallest absolute Gasteiger partial charge is 0.248 e. The number of para-hydroxylation sites is 1. The summed E-state index contributed by atoms with van der Waals surface area (Å²) >= 11 is 0. The molecule has 23 heavy (non-hydrogen) atoms. The molecule has 5 heteroatoms. The van der Waals surface area contributed by atoms with E-state index in [9.17, 15) is 9.59 Å². The standard InChI is InChI=1S/C18H15N3O2/c19-17(22)13-6-7-15(18(20)23)14(10-13)9-12-4-1-3-11-5-2-8-21-16(11)12/h1-8,10H,9H2,(H2,19,22)(H2,20,23). The molecule has 0 aliphatic carbocycles. The number of fused-ring (bicyclic) bond motifs is 1. The predicted molar refractivity (Wildman–Crippen MR) is 88.0 cm³/mol. The molecule has 0 aliphatic rings. The minimum atomic E-state index is -0.543. The molecule has 114 valence electrons. The van der Waals surface area contributed by atoms with E-state index in [1.807, 2.05) is 30.3 Å². The molecule has 2 amide bonds. The van der Waals surface area contributed by atoms with Crippen LogP contribution in [0.25, 0.3) is 10.9 Å². The molecule has 4 N–H and O–H groups in total. The summed E-state index contributed by atoms with van der Waals surface area (Å²) in [7, 11) is 0. The van der Waals surface area contributed by atoms with Gasteiger partial charge in [0.2, 0.25) is 11.8 Å². The van der Waals surface area contributed by atoms with Crippen molar-refractivity contribution in [1.29, 1.82) is 0 Å². The summed E-state index contributed by atoms with van der Waals surface area (Å²) < 4.78 is 0. The summed E-state index contributed by atoms with van der Waals surface area (Å²) in [6.07, 6.45) is 2.16. The van der Waals surface area contributed by atoms with Crippen LogP contribution in [0.5, 0.6) is 0 Å². The lowest BCUT2D eigenvalue weighted by atomic mass is 9.95. The highest BCUT2D eigenvalue weighted by Gasteiger charge is 2.13. The average Bonchev–Trinajstić information content (AvgIpc) is 2.55. The monoisotopic (exact) mass is 305 g/mol. The Bertz CT molecular complexity index is 914. The summed E-state index contributed by atoms with van der Waals surface area (Å²) in [5.41, 5.74) is 14.0. The molecule has 0 radical (unpaired) electrons. The maximum Gasteiger partial charge on any atom is 0.248 e. The van der Waals surface area contributed by atoms with Crippen LogP contribution in [0.4, 0.5) is 0 Å². The topological polar surface area (TPSA) is 99.1 Å². The lowest BCUT2D eigenvalue weighted by molar-refractivity contribution is 0.0987. The summed E-state index contributed by atoms with van der Waals surface area (Å²) in [5, 5.41) is 1.01. The van der Waals surface area contributed by atoms with Gasteiger partial charge < -0.3 is 11.5 Å². The first-order valence-corrected chi connectivity index (χ1v) is 7.11. The number of carbonyl (C=O) groups is 2. The van der Waals surface area contributed by atoms with Crippen LogP contribution in [-0.4, -0.2) is 16.8 Å². The molecule has 1 heterocycles. The van der Waals surface area contributed by atoms with Crippen LogP contribution >= 0.6 is 0 Å². The summed E-state index contributed by atoms with van der Waals surface area (Å²) in [4.78, 5) is 27.4. The second-order valence-electron chi connectivity index (χ2n) is 5.27. The molecule has 5 nitrogen and oxygen atoms in total. The number of amides is 2. The number of nitrogens with two attached hydrogens (primary N) is 2. The van der Waals surface area contributed by atoms with E-state index in [-0.39, 0.29) is 0 Å². The normalized spacial score (nSPS) is 10.6. The number of rotatable bonds is 4. The van der Waals surface area contributed by atoms with Crippen molar-refractivity contribution in [3.63, 3.8) is 0 Å². The van der Waals surface area contributed by atoms with Crippen LogP contribution in [0.15, 0.2) is 54.7 Å². The van der Waals surface area contributed by atoms with E-state index in [0.29, 0.717) is 23.1 Å². The van der Waals surface area contributed by atoms with E-state index in [2.05, 4.69) is 4.98 Å². The van der Waals surface area contributed by atoms with Gasteiger partial charge in [-0.15, -0.1) is 0 Å². The highest BCUT2D eigenvalue weighted by Crippen LogP contribution is 2.22. The molecule has 3 aromatic rings. The van der Waals surface area contributed by atoms with Gasteiger partial charge in [-0.2, -0.15) is 0 Å². The molecule has 1 aromatic heterocycles. The van der Waals surface area contributed by atoms with Gasteiger partial charge in [0.1, 0.15) is 0 Å². The Kier molecular flexibility index (Phi) is 3.76. The highest BCUT2D eigenvalue weighted by atomic mass is 16.1. The quantitative estimate of drug-likeness (QED) is 0.771. The maximum absolute atomic E-state index is 11.6. The average molecular weight is 305 g/mol. The molecule has 2 aromatic carbocycles. The van der Waals surface area contributed by atoms with E-state index in [1.54, 1.807) is 12.3 Å². The zero-order chi connectivity index (χ0) is 16.4. The molecular formula is C18H15N3O2. The number of pyridine rings is 1. The van der Waals surface area contributed by atoms with Gasteiger partial charge in [0.05, 0.1) is 5.52 Å². The summed E-state index contributed by atoms with van der Waals surface area (Å²) in [5.74, 6) is -1.08. The fourth-order valence-corrected chi connectivity index (χ4v) is 2.65. The van der Waals surface area contributed by atoms with Crippen molar-refractivity contribution in [2.75, 3.05) is 0 Å². The van der Waals surface area contributed by atoms with Crippen molar-refractivity contribution in [2.45, 2.75) is 6.42 Å². The van der Waals surface area contributed by atoms with Gasteiger partial charge in [0.25, 0.3) is 0 Å². The lowest BCUT2D eigenvalue weighted by Gasteiger charge is -2.10. The van der Waals surface area contributed by atoms with Crippen molar-refractivity contribution < 1.29 is 9.59 Å². The molecule has 0 bridgehead atoms. The number of hydrogen-bond acceptors (Lipinski definition) is 3. The molecule has 0 saturated carbocycles. The van der Waals surface area contributed by atoms with Crippen LogP contribution in [0.3, 0.4) is 0 Å². The van der Waals surface area contributed by atoms with E-state index in [1.165, 1.54) is 12.1 Å². The molecular weight excluding hydrogens is 290 g/mol. The van der Waals surface area contributed by atoms with Gasteiger partial charge in [-0.05, 0) is 35.4 Å². The van der Waals surface area contributed by atoms with Crippen LogP contribution in [0.1, 0.15) is 31.8 Å². The molecule has 0 atom stereocenters. The van der Waals surface area contributed by atoms with Crippen molar-refractivity contribution in [3.05, 3.63) is 77.0 Å². The number of hydrogen-bond donors (Lipinski definition) is 2. The first-order valence-electron chi connectivity index (χ1n) is 7.11. The Morgan fingerprint density at radius 1 is 0.913 bits per heavy atom. The first-order chi connectivity index (χ1) is 11.1. The zero-order valence-corrected chi connectivity index (χ0v) is 12.3. The van der Waals surface area contributed by atoms with Crippen molar-refractivity contribution >= 4 is 22.7 Å². The predicted octanol–water partition coefficient (Wildman–Crippen LogP) is 2.02. The van der Waals surface area contributed by atoms with E-state index in [4.69, 9.17) is 11.5 Å². The minimum Gasteiger partial charge on any atom is -0.366 e. The van der Waals surface area contributed by atoms with E-state index in [0.717, 1.165) is 16.5 Å². The molecule has 0 unspecified atom stereocenters. The number of aromatic nitrogens is 1. The third-order valence-corrected chi connectivity index (χ3v) is 3.75. The fourth-order valence-electron chi connectivity index (χ4n) is 2.65. The zero-order valence-electron chi connectivity index (χ0n) is 12.3. The van der Waals surface area contributed by atoms with Gasteiger partial charge in [-0.25, -0.2) is 0 Å². The third-order valence-electron chi connectivity index (χ3n) is 3.75. The van der Waals surface area contributed by atoms with Gasteiger partial charge in [-0.1, -0.05) is 24.3 Å². The first kappa shape index (κ1) is 14.7. The Labute approximate surface area is 132 Å². The minimum absolute atomic E-state index is 0.346.